The summed E-state index contributed by atoms with van der Waals surface area (Å²) in [5, 5.41) is 10.8. The molecule has 3 N–H and O–H groups in total. The molecule has 1 aromatic carbocycles. The van der Waals surface area contributed by atoms with Crippen molar-refractivity contribution in [2.24, 2.45) is 5.84 Å². The van der Waals surface area contributed by atoms with Gasteiger partial charge in [-0.1, -0.05) is 12.8 Å². The Morgan fingerprint density at radius 1 is 1.21 bits per heavy atom. The van der Waals surface area contributed by atoms with Gasteiger partial charge in [-0.3, -0.25) is 16.0 Å². The van der Waals surface area contributed by atoms with Crippen LogP contribution in [0.5, 0.6) is 5.75 Å². The largest absolute Gasteiger partial charge is 0.490 e. The molecule has 1 aliphatic carbocycles. The van der Waals surface area contributed by atoms with Gasteiger partial charge in [0, 0.05) is 12.1 Å². The molecule has 6 heteroatoms. The second-order valence-electron chi connectivity index (χ2n) is 4.85. The van der Waals surface area contributed by atoms with Gasteiger partial charge in [0.1, 0.15) is 5.75 Å². The van der Waals surface area contributed by atoms with Crippen molar-refractivity contribution in [2.75, 3.05) is 5.43 Å². The monoisotopic (exact) mass is 265 g/mol. The zero-order valence-electron chi connectivity index (χ0n) is 10.8. The van der Waals surface area contributed by atoms with E-state index in [2.05, 4.69) is 5.43 Å². The Morgan fingerprint density at radius 3 is 2.47 bits per heavy atom. The van der Waals surface area contributed by atoms with Crippen LogP contribution in [-0.4, -0.2) is 11.0 Å². The number of nitro groups is 1. The molecule has 19 heavy (non-hydrogen) atoms. The van der Waals surface area contributed by atoms with Crippen LogP contribution in [0, 0.1) is 10.1 Å². The molecule has 0 bridgehead atoms. The van der Waals surface area contributed by atoms with Gasteiger partial charge in [-0.05, 0) is 25.7 Å². The topological polar surface area (TPSA) is 90.4 Å². The molecule has 0 atom stereocenters. The first-order valence-corrected chi connectivity index (χ1v) is 6.62. The predicted octanol–water partition coefficient (Wildman–Crippen LogP) is 2.98. The second-order valence-corrected chi connectivity index (χ2v) is 4.85. The first-order chi connectivity index (χ1) is 9.19. The van der Waals surface area contributed by atoms with Crippen LogP contribution in [-0.2, 0) is 0 Å². The van der Waals surface area contributed by atoms with Crippen molar-refractivity contribution in [1.82, 2.24) is 0 Å². The van der Waals surface area contributed by atoms with Crippen molar-refractivity contribution in [3.63, 3.8) is 0 Å². The van der Waals surface area contributed by atoms with Crippen LogP contribution in [0.15, 0.2) is 18.2 Å². The first kappa shape index (κ1) is 13.6. The molecule has 1 aliphatic rings. The summed E-state index contributed by atoms with van der Waals surface area (Å²) < 4.78 is 5.87. The highest BCUT2D eigenvalue weighted by Gasteiger charge is 2.16. The zero-order valence-corrected chi connectivity index (χ0v) is 10.8. The number of nitrogens with zero attached hydrogens (tertiary/aromatic N) is 1. The molecule has 0 spiro atoms. The summed E-state index contributed by atoms with van der Waals surface area (Å²) in [6, 6.07) is 4.53. The van der Waals surface area contributed by atoms with E-state index in [9.17, 15) is 10.1 Å². The van der Waals surface area contributed by atoms with Crippen molar-refractivity contribution in [1.29, 1.82) is 0 Å². The number of ether oxygens (including phenoxy) is 1. The third-order valence-corrected chi connectivity index (χ3v) is 3.37. The smallest absolute Gasteiger partial charge is 0.275 e. The minimum Gasteiger partial charge on any atom is -0.490 e. The Bertz CT molecular complexity index is 443. The van der Waals surface area contributed by atoms with Gasteiger partial charge in [-0.25, -0.2) is 0 Å². The lowest BCUT2D eigenvalue weighted by molar-refractivity contribution is -0.384. The third-order valence-electron chi connectivity index (χ3n) is 3.37. The maximum absolute atomic E-state index is 10.8. The van der Waals surface area contributed by atoms with Gasteiger partial charge in [0.25, 0.3) is 5.69 Å². The highest BCUT2D eigenvalue weighted by Crippen LogP contribution is 2.28. The Morgan fingerprint density at radius 2 is 1.89 bits per heavy atom. The number of anilines is 1. The number of nitro benzene ring substituents is 1. The molecule has 0 aliphatic heterocycles. The van der Waals surface area contributed by atoms with Crippen LogP contribution in [0.25, 0.3) is 0 Å². The van der Waals surface area contributed by atoms with Crippen molar-refractivity contribution in [3.05, 3.63) is 28.3 Å². The summed E-state index contributed by atoms with van der Waals surface area (Å²) in [6.07, 6.45) is 6.95. The lowest BCUT2D eigenvalue weighted by Crippen LogP contribution is -2.15. The number of nitrogens with one attached hydrogen (secondary N) is 1. The van der Waals surface area contributed by atoms with Crippen LogP contribution in [0.1, 0.15) is 38.5 Å². The number of non-ortho nitro benzene ring substituents is 1. The summed E-state index contributed by atoms with van der Waals surface area (Å²) in [5.74, 6) is 5.83. The highest BCUT2D eigenvalue weighted by atomic mass is 16.6. The predicted molar refractivity (Wildman–Crippen MR) is 73.0 cm³/mol. The van der Waals surface area contributed by atoms with Crippen LogP contribution in [0.3, 0.4) is 0 Å². The van der Waals surface area contributed by atoms with E-state index in [0.29, 0.717) is 11.4 Å². The quantitative estimate of drug-likeness (QED) is 0.378. The van der Waals surface area contributed by atoms with Gasteiger partial charge in [0.05, 0.1) is 22.8 Å². The molecule has 1 aromatic rings. The molecule has 2 rings (SSSR count). The molecule has 1 fully saturated rings. The maximum Gasteiger partial charge on any atom is 0.275 e. The first-order valence-electron chi connectivity index (χ1n) is 6.62. The SMILES string of the molecule is NNc1cc(OC2CCCCCC2)cc([N+](=O)[O-])c1. The molecule has 0 heterocycles. The Hall–Kier alpha value is -1.82. The Labute approximate surface area is 112 Å². The molecule has 104 valence electrons. The van der Waals surface area contributed by atoms with Gasteiger partial charge in [-0.15, -0.1) is 0 Å². The third kappa shape index (κ3) is 3.82. The molecular formula is C13H19N3O3. The van der Waals surface area contributed by atoms with Crippen molar-refractivity contribution in [2.45, 2.75) is 44.6 Å². The fourth-order valence-electron chi connectivity index (χ4n) is 2.39. The minimum absolute atomic E-state index is 0.0147. The average Bonchev–Trinajstić information content (AvgIpc) is 2.67. The zero-order chi connectivity index (χ0) is 13.7. The Balaban J connectivity index is 2.13. The number of nitrogens with two attached hydrogens (primary N) is 1. The fourth-order valence-corrected chi connectivity index (χ4v) is 2.39. The molecule has 1 saturated carbocycles. The summed E-state index contributed by atoms with van der Waals surface area (Å²) in [6.45, 7) is 0. The standard InChI is InChI=1S/C13H19N3O3/c14-15-10-7-11(16(17)18)9-13(8-10)19-12-5-3-1-2-4-6-12/h7-9,12,15H,1-6,14H2. The number of hydrazine groups is 1. The molecule has 0 radical (unpaired) electrons. The molecular weight excluding hydrogens is 246 g/mol. The van der Waals surface area contributed by atoms with Crippen LogP contribution in [0.2, 0.25) is 0 Å². The van der Waals surface area contributed by atoms with Crippen LogP contribution < -0.4 is 16.0 Å². The van der Waals surface area contributed by atoms with E-state index in [-0.39, 0.29) is 11.8 Å². The average molecular weight is 265 g/mol. The van der Waals surface area contributed by atoms with E-state index >= 15 is 0 Å². The lowest BCUT2D eigenvalue weighted by Gasteiger charge is -2.17. The Kier molecular flexibility index (Phi) is 4.57. The van der Waals surface area contributed by atoms with E-state index in [0.717, 1.165) is 25.7 Å². The summed E-state index contributed by atoms with van der Waals surface area (Å²) in [5.41, 5.74) is 2.90. The second kappa shape index (κ2) is 6.38. The molecule has 0 amide bonds. The molecule has 0 unspecified atom stereocenters. The van der Waals surface area contributed by atoms with Gasteiger partial charge < -0.3 is 10.2 Å². The van der Waals surface area contributed by atoms with Gasteiger partial charge in [0.15, 0.2) is 0 Å². The number of rotatable bonds is 4. The molecule has 0 saturated heterocycles. The van der Waals surface area contributed by atoms with E-state index in [4.69, 9.17) is 10.6 Å². The van der Waals surface area contributed by atoms with E-state index in [1.165, 1.54) is 25.0 Å². The maximum atomic E-state index is 10.8. The van der Waals surface area contributed by atoms with E-state index < -0.39 is 4.92 Å². The van der Waals surface area contributed by atoms with E-state index in [1.54, 1.807) is 6.07 Å². The fraction of sp³-hybridized carbons (Fsp3) is 0.538. The number of nitrogen functional groups attached to an aromatic ring is 1. The summed E-state index contributed by atoms with van der Waals surface area (Å²) in [4.78, 5) is 10.4. The number of benzene rings is 1. The van der Waals surface area contributed by atoms with Crippen LogP contribution in [0.4, 0.5) is 11.4 Å². The van der Waals surface area contributed by atoms with Crippen molar-refractivity contribution < 1.29 is 9.66 Å². The number of hydrogen-bond acceptors (Lipinski definition) is 5. The summed E-state index contributed by atoms with van der Waals surface area (Å²) in [7, 11) is 0. The van der Waals surface area contributed by atoms with Crippen LogP contribution >= 0.6 is 0 Å². The molecule has 0 aromatic heterocycles. The highest BCUT2D eigenvalue weighted by molar-refractivity contribution is 5.55. The lowest BCUT2D eigenvalue weighted by atomic mass is 10.1. The van der Waals surface area contributed by atoms with Gasteiger partial charge >= 0.3 is 0 Å². The summed E-state index contributed by atoms with van der Waals surface area (Å²) >= 11 is 0. The van der Waals surface area contributed by atoms with Crippen molar-refractivity contribution >= 4 is 11.4 Å². The van der Waals surface area contributed by atoms with Gasteiger partial charge in [0.2, 0.25) is 0 Å². The normalized spacial score (nSPS) is 16.7. The van der Waals surface area contributed by atoms with Crippen molar-refractivity contribution in [3.8, 4) is 5.75 Å². The van der Waals surface area contributed by atoms with E-state index in [1.807, 2.05) is 0 Å². The molecule has 6 nitrogen and oxygen atoms in total. The number of hydrogen-bond donors (Lipinski definition) is 2. The minimum atomic E-state index is -0.444. The van der Waals surface area contributed by atoms with Gasteiger partial charge in [-0.2, -0.15) is 0 Å².